The molecule has 1 aromatic heterocycles. The maximum Gasteiger partial charge on any atom is 0.120 e. The Balaban J connectivity index is 1.26. The lowest BCUT2D eigenvalue weighted by atomic mass is 9.82. The molecule has 0 radical (unpaired) electrons. The molecule has 1 aliphatic heterocycles. The number of fused-ring (bicyclic) bond motifs is 1. The number of aromatic nitrogens is 2. The zero-order valence-corrected chi connectivity index (χ0v) is 17.9. The van der Waals surface area contributed by atoms with Crippen molar-refractivity contribution in [2.45, 2.75) is 62.9 Å². The molecule has 162 valence electrons. The van der Waals surface area contributed by atoms with Gasteiger partial charge in [0.25, 0.3) is 0 Å². The van der Waals surface area contributed by atoms with E-state index in [0.29, 0.717) is 24.5 Å². The summed E-state index contributed by atoms with van der Waals surface area (Å²) in [5.74, 6) is 0.785. The van der Waals surface area contributed by atoms with Crippen LogP contribution in [0.1, 0.15) is 56.6 Å². The van der Waals surface area contributed by atoms with Crippen molar-refractivity contribution in [1.29, 1.82) is 0 Å². The number of para-hydroxylation sites is 2. The molecule has 3 unspecified atom stereocenters. The first-order valence-electron chi connectivity index (χ1n) is 11.6. The van der Waals surface area contributed by atoms with E-state index in [1.807, 2.05) is 30.5 Å². The molecule has 1 saturated heterocycles. The van der Waals surface area contributed by atoms with Gasteiger partial charge in [0.1, 0.15) is 6.29 Å². The third kappa shape index (κ3) is 5.23. The molecule has 3 atom stereocenters. The van der Waals surface area contributed by atoms with E-state index in [1.54, 1.807) is 0 Å². The molecule has 4 rings (SSSR count). The lowest BCUT2D eigenvalue weighted by Gasteiger charge is -2.41. The maximum atomic E-state index is 10.9. The number of hydrogen-bond donors (Lipinski definition) is 2. The van der Waals surface area contributed by atoms with Crippen molar-refractivity contribution >= 4 is 17.3 Å². The highest BCUT2D eigenvalue weighted by Gasteiger charge is 2.29. The molecule has 1 aliphatic carbocycles. The Labute approximate surface area is 179 Å². The summed E-state index contributed by atoms with van der Waals surface area (Å²) in [6.45, 7) is 3.72. The lowest BCUT2D eigenvalue weighted by Crippen LogP contribution is -2.48. The van der Waals surface area contributed by atoms with Gasteiger partial charge < -0.3 is 20.7 Å². The van der Waals surface area contributed by atoms with Gasteiger partial charge in [-0.2, -0.15) is 0 Å². The summed E-state index contributed by atoms with van der Waals surface area (Å²) in [4.78, 5) is 22.9. The van der Waals surface area contributed by atoms with Crippen LogP contribution in [0, 0.1) is 5.92 Å². The Bertz CT molecular complexity index is 820. The molecule has 0 bridgehead atoms. The number of likely N-dealkylation sites (tertiary alicyclic amines) is 1. The number of benzene rings is 1. The topological polar surface area (TPSA) is 84.1 Å². The molecular formula is C24H35N5O. The second-order valence-corrected chi connectivity index (χ2v) is 9.02. The molecule has 3 N–H and O–H groups in total. The normalized spacial score (nSPS) is 24.7. The minimum absolute atomic E-state index is 0.183. The summed E-state index contributed by atoms with van der Waals surface area (Å²) in [6.07, 6.45) is 11.1. The molecule has 0 spiro atoms. The fraction of sp³-hybridized carbons (Fsp3) is 0.625. The molecule has 2 aromatic rings. The summed E-state index contributed by atoms with van der Waals surface area (Å²) < 4.78 is 0. The van der Waals surface area contributed by atoms with Gasteiger partial charge in [-0.15, -0.1) is 0 Å². The summed E-state index contributed by atoms with van der Waals surface area (Å²) in [5.41, 5.74) is 8.92. The van der Waals surface area contributed by atoms with Crippen LogP contribution in [0.4, 0.5) is 0 Å². The van der Waals surface area contributed by atoms with Gasteiger partial charge >= 0.3 is 0 Å². The maximum absolute atomic E-state index is 10.9. The minimum atomic E-state index is 0.183. The molecule has 0 amide bonds. The second kappa shape index (κ2) is 10.4. The smallest absolute Gasteiger partial charge is 0.120 e. The molecule has 1 aromatic carbocycles. The third-order valence-electron chi connectivity index (χ3n) is 7.05. The van der Waals surface area contributed by atoms with Crippen molar-refractivity contribution in [1.82, 2.24) is 20.2 Å². The van der Waals surface area contributed by atoms with E-state index in [1.165, 1.54) is 38.5 Å². The third-order valence-corrected chi connectivity index (χ3v) is 7.05. The van der Waals surface area contributed by atoms with Crippen molar-refractivity contribution in [2.75, 3.05) is 26.2 Å². The molecule has 30 heavy (non-hydrogen) atoms. The van der Waals surface area contributed by atoms with Gasteiger partial charge in [-0.3, -0.25) is 4.98 Å². The van der Waals surface area contributed by atoms with Crippen molar-refractivity contribution in [3.63, 3.8) is 0 Å². The largest absolute Gasteiger partial charge is 0.330 e. The number of nitrogens with zero attached hydrogens (tertiary/aromatic N) is 3. The Morgan fingerprint density at radius 3 is 2.73 bits per heavy atom. The first kappa shape index (κ1) is 21.3. The standard InChI is InChI=1S/C24H35N5O/c25-15-19(24-17-27-22-6-1-2-7-23(22)28-24)16-26-20-8-11-29(12-9-20)21-5-3-4-18(14-21)10-13-30/h1-2,6-7,13,17-21,26H,3-5,8-12,14-16,25H2. The van der Waals surface area contributed by atoms with E-state index in [9.17, 15) is 4.79 Å². The van der Waals surface area contributed by atoms with Crippen molar-refractivity contribution < 1.29 is 4.79 Å². The van der Waals surface area contributed by atoms with Gasteiger partial charge in [-0.05, 0) is 63.2 Å². The predicted octanol–water partition coefficient (Wildman–Crippen LogP) is 2.87. The van der Waals surface area contributed by atoms with Crippen LogP contribution in [0.15, 0.2) is 30.5 Å². The van der Waals surface area contributed by atoms with Crippen LogP contribution in [0.3, 0.4) is 0 Å². The quantitative estimate of drug-likeness (QED) is 0.652. The van der Waals surface area contributed by atoms with Crippen LogP contribution < -0.4 is 11.1 Å². The number of carbonyl (C=O) groups excluding carboxylic acids is 1. The highest BCUT2D eigenvalue weighted by Crippen LogP contribution is 2.31. The number of piperidine rings is 1. The predicted molar refractivity (Wildman–Crippen MR) is 120 cm³/mol. The van der Waals surface area contributed by atoms with E-state index in [4.69, 9.17) is 10.7 Å². The van der Waals surface area contributed by atoms with Crippen LogP contribution in [-0.4, -0.2) is 59.4 Å². The SMILES string of the molecule is NCC(CNC1CCN(C2CCCC(CC=O)C2)CC1)c1cnc2ccccc2n1. The van der Waals surface area contributed by atoms with Gasteiger partial charge in [0, 0.05) is 43.7 Å². The highest BCUT2D eigenvalue weighted by molar-refractivity contribution is 5.73. The summed E-state index contributed by atoms with van der Waals surface area (Å²) in [6, 6.07) is 9.20. The number of aldehydes is 1. The fourth-order valence-electron chi connectivity index (χ4n) is 5.20. The van der Waals surface area contributed by atoms with E-state index in [2.05, 4.69) is 15.2 Å². The zero-order valence-electron chi connectivity index (χ0n) is 17.9. The van der Waals surface area contributed by atoms with Crippen LogP contribution >= 0.6 is 0 Å². The average Bonchev–Trinajstić information content (AvgIpc) is 2.80. The molecule has 6 heteroatoms. The molecular weight excluding hydrogens is 374 g/mol. The van der Waals surface area contributed by atoms with Crippen LogP contribution in [0.25, 0.3) is 11.0 Å². The van der Waals surface area contributed by atoms with Gasteiger partial charge in [-0.25, -0.2) is 4.98 Å². The van der Waals surface area contributed by atoms with E-state index < -0.39 is 0 Å². The minimum Gasteiger partial charge on any atom is -0.330 e. The van der Waals surface area contributed by atoms with E-state index in [0.717, 1.165) is 49.1 Å². The number of nitrogens with two attached hydrogens (primary N) is 1. The fourth-order valence-corrected chi connectivity index (χ4v) is 5.20. The summed E-state index contributed by atoms with van der Waals surface area (Å²) in [7, 11) is 0. The van der Waals surface area contributed by atoms with Crippen molar-refractivity contribution in [2.24, 2.45) is 11.7 Å². The lowest BCUT2D eigenvalue weighted by molar-refractivity contribution is -0.109. The van der Waals surface area contributed by atoms with Gasteiger partial charge in [0.15, 0.2) is 0 Å². The van der Waals surface area contributed by atoms with E-state index >= 15 is 0 Å². The van der Waals surface area contributed by atoms with Gasteiger partial charge in [0.2, 0.25) is 0 Å². The molecule has 2 fully saturated rings. The Hall–Kier alpha value is -1.89. The first-order chi connectivity index (χ1) is 14.8. The highest BCUT2D eigenvalue weighted by atomic mass is 16.1. The molecule has 6 nitrogen and oxygen atoms in total. The van der Waals surface area contributed by atoms with Crippen molar-refractivity contribution in [3.8, 4) is 0 Å². The van der Waals surface area contributed by atoms with Crippen LogP contribution in [0.5, 0.6) is 0 Å². The van der Waals surface area contributed by atoms with E-state index in [-0.39, 0.29) is 5.92 Å². The Morgan fingerprint density at radius 1 is 1.17 bits per heavy atom. The van der Waals surface area contributed by atoms with Gasteiger partial charge in [0.05, 0.1) is 16.7 Å². The first-order valence-corrected chi connectivity index (χ1v) is 11.6. The second-order valence-electron chi connectivity index (χ2n) is 9.02. The van der Waals surface area contributed by atoms with Crippen molar-refractivity contribution in [3.05, 3.63) is 36.2 Å². The summed E-state index contributed by atoms with van der Waals surface area (Å²) >= 11 is 0. The number of hydrogen-bond acceptors (Lipinski definition) is 6. The van der Waals surface area contributed by atoms with Gasteiger partial charge in [-0.1, -0.05) is 18.6 Å². The van der Waals surface area contributed by atoms with Crippen LogP contribution in [-0.2, 0) is 4.79 Å². The summed E-state index contributed by atoms with van der Waals surface area (Å²) in [5, 5.41) is 3.75. The number of rotatable bonds is 8. The number of nitrogens with one attached hydrogen (secondary N) is 1. The average molecular weight is 410 g/mol. The zero-order chi connectivity index (χ0) is 20.8. The molecule has 2 aliphatic rings. The van der Waals surface area contributed by atoms with Crippen LogP contribution in [0.2, 0.25) is 0 Å². The molecule has 1 saturated carbocycles. The Morgan fingerprint density at radius 2 is 1.97 bits per heavy atom. The number of carbonyl (C=O) groups is 1. The monoisotopic (exact) mass is 409 g/mol. The Kier molecular flexibility index (Phi) is 7.42. The molecule has 2 heterocycles.